The van der Waals surface area contributed by atoms with Gasteiger partial charge in [-0.1, -0.05) is 60.5 Å². The second-order valence-electron chi connectivity index (χ2n) is 3.67. The minimum Gasteiger partial charge on any atom is -0.353 e. The molecule has 0 aliphatic heterocycles. The molecule has 0 aromatic heterocycles. The van der Waals surface area contributed by atoms with Crippen molar-refractivity contribution in [3.63, 3.8) is 0 Å². The lowest BCUT2D eigenvalue weighted by atomic mass is 10.2. The minimum atomic E-state index is 0.615. The SMILES string of the molecule is C\C=C/C=C\C(=C\CC)Nc1c(Cl)cccc1Cl. The van der Waals surface area contributed by atoms with Crippen LogP contribution in [0.4, 0.5) is 5.69 Å². The molecule has 0 amide bonds. The molecule has 1 nitrogen and oxygen atoms in total. The zero-order chi connectivity index (χ0) is 13.4. The van der Waals surface area contributed by atoms with Crippen LogP contribution < -0.4 is 5.32 Å². The van der Waals surface area contributed by atoms with E-state index < -0.39 is 0 Å². The fourth-order valence-corrected chi connectivity index (χ4v) is 1.90. The van der Waals surface area contributed by atoms with Gasteiger partial charge in [-0.15, -0.1) is 0 Å². The lowest BCUT2D eigenvalue weighted by molar-refractivity contribution is 1.20. The van der Waals surface area contributed by atoms with Gasteiger partial charge in [-0.05, 0) is 31.6 Å². The molecular weight excluding hydrogens is 265 g/mol. The Labute approximate surface area is 119 Å². The van der Waals surface area contributed by atoms with Crippen molar-refractivity contribution in [2.45, 2.75) is 20.3 Å². The molecular formula is C15H17Cl2N. The van der Waals surface area contributed by atoms with Gasteiger partial charge in [0.15, 0.2) is 0 Å². The Hall–Kier alpha value is -1.18. The fourth-order valence-electron chi connectivity index (χ4n) is 1.41. The average Bonchev–Trinajstić information content (AvgIpc) is 2.34. The number of benzene rings is 1. The van der Waals surface area contributed by atoms with Crippen LogP contribution in [0.25, 0.3) is 0 Å². The molecule has 0 bridgehead atoms. The summed E-state index contributed by atoms with van der Waals surface area (Å²) < 4.78 is 0. The standard InChI is InChI=1S/C15H17Cl2N/c1-3-5-6-9-12(8-4-2)18-15-13(16)10-7-11-14(15)17/h3,5-11,18H,4H2,1-2H3/b5-3-,9-6-,12-8-. The monoisotopic (exact) mass is 281 g/mol. The molecule has 0 fully saturated rings. The predicted octanol–water partition coefficient (Wildman–Crippen LogP) is 5.83. The molecule has 0 spiro atoms. The smallest absolute Gasteiger partial charge is 0.0762 e. The van der Waals surface area contributed by atoms with Crippen LogP contribution in [0.3, 0.4) is 0 Å². The van der Waals surface area contributed by atoms with Gasteiger partial charge in [0.25, 0.3) is 0 Å². The summed E-state index contributed by atoms with van der Waals surface area (Å²) in [5.74, 6) is 0. The maximum absolute atomic E-state index is 6.12. The van der Waals surface area contributed by atoms with Gasteiger partial charge in [0.2, 0.25) is 0 Å². The number of anilines is 1. The highest BCUT2D eigenvalue weighted by atomic mass is 35.5. The van der Waals surface area contributed by atoms with Crippen LogP contribution in [-0.4, -0.2) is 0 Å². The molecule has 1 aromatic rings. The number of hydrogen-bond acceptors (Lipinski definition) is 1. The third kappa shape index (κ3) is 4.59. The molecule has 0 aliphatic carbocycles. The van der Waals surface area contributed by atoms with Gasteiger partial charge in [-0.25, -0.2) is 0 Å². The summed E-state index contributed by atoms with van der Waals surface area (Å²) in [5, 5.41) is 4.48. The molecule has 0 heterocycles. The van der Waals surface area contributed by atoms with Crippen LogP contribution in [0.15, 0.2) is 54.3 Å². The van der Waals surface area contributed by atoms with Crippen LogP contribution in [0, 0.1) is 0 Å². The van der Waals surface area contributed by atoms with E-state index in [2.05, 4.69) is 18.3 Å². The van der Waals surface area contributed by atoms with Crippen LogP contribution >= 0.6 is 23.2 Å². The maximum atomic E-state index is 6.12. The first kappa shape index (κ1) is 14.9. The Morgan fingerprint density at radius 1 is 1.22 bits per heavy atom. The summed E-state index contributed by atoms with van der Waals surface area (Å²) in [6.45, 7) is 4.06. The van der Waals surface area contributed by atoms with Crippen molar-refractivity contribution >= 4 is 28.9 Å². The maximum Gasteiger partial charge on any atom is 0.0762 e. The molecule has 0 aliphatic rings. The Morgan fingerprint density at radius 3 is 2.44 bits per heavy atom. The van der Waals surface area contributed by atoms with Crippen molar-refractivity contribution in [1.29, 1.82) is 0 Å². The van der Waals surface area contributed by atoms with Crippen molar-refractivity contribution in [3.8, 4) is 0 Å². The summed E-state index contributed by atoms with van der Waals surface area (Å²) in [6, 6.07) is 5.46. The number of nitrogens with one attached hydrogen (secondary N) is 1. The van der Waals surface area contributed by atoms with Crippen molar-refractivity contribution in [1.82, 2.24) is 0 Å². The normalized spacial score (nSPS) is 12.6. The van der Waals surface area contributed by atoms with Gasteiger partial charge in [-0.2, -0.15) is 0 Å². The molecule has 0 saturated carbocycles. The third-order valence-electron chi connectivity index (χ3n) is 2.24. The van der Waals surface area contributed by atoms with Crippen LogP contribution in [0.1, 0.15) is 20.3 Å². The van der Waals surface area contributed by atoms with Gasteiger partial charge in [0.1, 0.15) is 0 Å². The lowest BCUT2D eigenvalue weighted by Gasteiger charge is -2.11. The van der Waals surface area contributed by atoms with E-state index in [1.807, 2.05) is 49.4 Å². The third-order valence-corrected chi connectivity index (χ3v) is 2.87. The second kappa shape index (κ2) is 8.02. The lowest BCUT2D eigenvalue weighted by Crippen LogP contribution is -1.98. The number of halogens is 2. The van der Waals surface area contributed by atoms with Crippen molar-refractivity contribution in [3.05, 3.63) is 64.3 Å². The van der Waals surface area contributed by atoms with Gasteiger partial charge in [0.05, 0.1) is 15.7 Å². The summed E-state index contributed by atoms with van der Waals surface area (Å²) >= 11 is 12.2. The summed E-state index contributed by atoms with van der Waals surface area (Å²) in [6.07, 6.45) is 10.9. The second-order valence-corrected chi connectivity index (χ2v) is 4.49. The van der Waals surface area contributed by atoms with E-state index in [0.717, 1.165) is 17.8 Å². The molecule has 1 aromatic carbocycles. The van der Waals surface area contributed by atoms with Crippen LogP contribution in [0.5, 0.6) is 0 Å². The van der Waals surface area contributed by atoms with Gasteiger partial charge >= 0.3 is 0 Å². The molecule has 1 N–H and O–H groups in total. The number of rotatable bonds is 5. The van der Waals surface area contributed by atoms with E-state index in [0.29, 0.717) is 10.0 Å². The zero-order valence-electron chi connectivity index (χ0n) is 10.6. The van der Waals surface area contributed by atoms with Gasteiger partial charge in [-0.3, -0.25) is 0 Å². The van der Waals surface area contributed by atoms with Gasteiger partial charge in [0, 0.05) is 5.70 Å². The first-order chi connectivity index (χ1) is 8.69. The Morgan fingerprint density at radius 2 is 1.89 bits per heavy atom. The molecule has 0 radical (unpaired) electrons. The number of para-hydroxylation sites is 1. The molecule has 1 rings (SSSR count). The Kier molecular flexibility index (Phi) is 6.63. The quantitative estimate of drug-likeness (QED) is 0.670. The van der Waals surface area contributed by atoms with Crippen LogP contribution in [0.2, 0.25) is 10.0 Å². The minimum absolute atomic E-state index is 0.615. The van der Waals surface area contributed by atoms with Crippen LogP contribution in [-0.2, 0) is 0 Å². The van der Waals surface area contributed by atoms with Crippen molar-refractivity contribution in [2.75, 3.05) is 5.32 Å². The van der Waals surface area contributed by atoms with E-state index in [9.17, 15) is 0 Å². The highest BCUT2D eigenvalue weighted by Gasteiger charge is 2.05. The van der Waals surface area contributed by atoms with E-state index in [1.165, 1.54) is 0 Å². The number of hydrogen-bond donors (Lipinski definition) is 1. The summed E-state index contributed by atoms with van der Waals surface area (Å²) in [4.78, 5) is 0. The van der Waals surface area contributed by atoms with E-state index >= 15 is 0 Å². The number of allylic oxidation sites excluding steroid dienone is 5. The van der Waals surface area contributed by atoms with E-state index in [4.69, 9.17) is 23.2 Å². The molecule has 96 valence electrons. The average molecular weight is 282 g/mol. The van der Waals surface area contributed by atoms with E-state index in [1.54, 1.807) is 0 Å². The first-order valence-corrected chi connectivity index (χ1v) is 6.65. The molecule has 0 unspecified atom stereocenters. The highest BCUT2D eigenvalue weighted by Crippen LogP contribution is 2.31. The van der Waals surface area contributed by atoms with E-state index in [-0.39, 0.29) is 0 Å². The summed E-state index contributed by atoms with van der Waals surface area (Å²) in [7, 11) is 0. The topological polar surface area (TPSA) is 12.0 Å². The largest absolute Gasteiger partial charge is 0.353 e. The Bertz CT molecular complexity index is 453. The molecule has 0 saturated heterocycles. The molecule has 0 atom stereocenters. The first-order valence-electron chi connectivity index (χ1n) is 5.89. The van der Waals surface area contributed by atoms with Gasteiger partial charge < -0.3 is 5.32 Å². The van der Waals surface area contributed by atoms with Crippen molar-refractivity contribution in [2.24, 2.45) is 0 Å². The predicted molar refractivity (Wildman–Crippen MR) is 82.4 cm³/mol. The Balaban J connectivity index is 2.94. The fraction of sp³-hybridized carbons (Fsp3) is 0.200. The highest BCUT2D eigenvalue weighted by molar-refractivity contribution is 6.39. The summed E-state index contributed by atoms with van der Waals surface area (Å²) in [5.41, 5.74) is 1.72. The molecule has 3 heteroatoms. The van der Waals surface area contributed by atoms with Crippen molar-refractivity contribution < 1.29 is 0 Å². The molecule has 18 heavy (non-hydrogen) atoms. The zero-order valence-corrected chi connectivity index (χ0v) is 12.1.